The lowest BCUT2D eigenvalue weighted by Gasteiger charge is -2.27. The Bertz CT molecular complexity index is 515. The van der Waals surface area contributed by atoms with Crippen LogP contribution in [0.25, 0.3) is 0 Å². The van der Waals surface area contributed by atoms with Crippen LogP contribution in [0.15, 0.2) is 5.38 Å². The second-order valence-corrected chi connectivity index (χ2v) is 6.69. The predicted octanol–water partition coefficient (Wildman–Crippen LogP) is 3.99. The van der Waals surface area contributed by atoms with Crippen molar-refractivity contribution in [3.8, 4) is 0 Å². The fraction of sp³-hybridized carbons (Fsp3) is 0.733. The highest BCUT2D eigenvalue weighted by Gasteiger charge is 2.34. The standard InChI is InChI=1S/C15H25F3N4OS/c1-5-21(6-2)7-8-22(9-11(3)4)14(23)20-13-19-12(10-24-13)15(16,17)18/h10-11H,5-9H2,1-4H3,(H,19,20,23). The minimum absolute atomic E-state index is 0.0380. The Balaban J connectivity index is 2.71. The molecule has 0 bridgehead atoms. The quantitative estimate of drug-likeness (QED) is 0.757. The molecule has 0 saturated heterocycles. The van der Waals surface area contributed by atoms with Crippen molar-refractivity contribution in [2.75, 3.05) is 38.0 Å². The van der Waals surface area contributed by atoms with Crippen LogP contribution in [0.4, 0.5) is 23.1 Å². The molecule has 0 saturated carbocycles. The third-order valence-corrected chi connectivity index (χ3v) is 4.22. The molecule has 0 unspecified atom stereocenters. The third kappa shape index (κ3) is 6.64. The van der Waals surface area contributed by atoms with Gasteiger partial charge in [0.15, 0.2) is 10.8 Å². The molecule has 0 aliphatic heterocycles. The van der Waals surface area contributed by atoms with Crippen LogP contribution in [-0.4, -0.2) is 53.5 Å². The summed E-state index contributed by atoms with van der Waals surface area (Å²) < 4.78 is 37.7. The van der Waals surface area contributed by atoms with E-state index in [1.807, 2.05) is 27.7 Å². The topological polar surface area (TPSA) is 48.5 Å². The first-order valence-corrected chi connectivity index (χ1v) is 8.86. The summed E-state index contributed by atoms with van der Waals surface area (Å²) in [4.78, 5) is 19.6. The fourth-order valence-corrected chi connectivity index (χ4v) is 2.86. The minimum atomic E-state index is -4.50. The second-order valence-electron chi connectivity index (χ2n) is 5.83. The smallest absolute Gasteiger partial charge is 0.323 e. The van der Waals surface area contributed by atoms with Crippen molar-refractivity contribution in [3.63, 3.8) is 0 Å². The summed E-state index contributed by atoms with van der Waals surface area (Å²) in [6.07, 6.45) is -4.50. The van der Waals surface area contributed by atoms with Crippen LogP contribution in [0.1, 0.15) is 33.4 Å². The summed E-state index contributed by atoms with van der Waals surface area (Å²) in [5.41, 5.74) is -0.985. The van der Waals surface area contributed by atoms with Gasteiger partial charge in [0.2, 0.25) is 0 Å². The molecule has 1 aromatic heterocycles. The SMILES string of the molecule is CCN(CC)CCN(CC(C)C)C(=O)Nc1nc(C(F)(F)F)cs1. The number of thiazole rings is 1. The molecule has 0 aliphatic rings. The molecule has 1 aromatic rings. The Hall–Kier alpha value is -1.35. The zero-order valence-electron chi connectivity index (χ0n) is 14.5. The second kappa shape index (κ2) is 9.22. The van der Waals surface area contributed by atoms with Crippen molar-refractivity contribution >= 4 is 22.5 Å². The van der Waals surface area contributed by atoms with E-state index in [-0.39, 0.29) is 11.0 Å². The van der Waals surface area contributed by atoms with Crippen LogP contribution in [0.2, 0.25) is 0 Å². The lowest BCUT2D eigenvalue weighted by atomic mass is 10.2. The number of nitrogens with zero attached hydrogens (tertiary/aromatic N) is 3. The van der Waals surface area contributed by atoms with Gasteiger partial charge in [-0.25, -0.2) is 9.78 Å². The number of carbonyl (C=O) groups excluding carboxylic acids is 1. The summed E-state index contributed by atoms with van der Waals surface area (Å²) in [6, 6.07) is -0.418. The monoisotopic (exact) mass is 366 g/mol. The van der Waals surface area contributed by atoms with Gasteiger partial charge in [-0.2, -0.15) is 13.2 Å². The zero-order valence-corrected chi connectivity index (χ0v) is 15.3. The van der Waals surface area contributed by atoms with Crippen molar-refractivity contribution in [2.45, 2.75) is 33.9 Å². The molecule has 0 spiro atoms. The molecule has 2 amide bonds. The van der Waals surface area contributed by atoms with E-state index in [9.17, 15) is 18.0 Å². The normalized spacial score (nSPS) is 12.0. The minimum Gasteiger partial charge on any atom is -0.323 e. The number of rotatable bonds is 8. The van der Waals surface area contributed by atoms with Gasteiger partial charge in [-0.05, 0) is 19.0 Å². The van der Waals surface area contributed by atoms with E-state index in [1.54, 1.807) is 4.90 Å². The highest BCUT2D eigenvalue weighted by molar-refractivity contribution is 7.13. The maximum absolute atomic E-state index is 12.6. The lowest BCUT2D eigenvalue weighted by Crippen LogP contribution is -2.42. The summed E-state index contributed by atoms with van der Waals surface area (Å²) >= 11 is 0.774. The Morgan fingerprint density at radius 1 is 1.29 bits per heavy atom. The van der Waals surface area contributed by atoms with E-state index in [2.05, 4.69) is 15.2 Å². The number of aromatic nitrogens is 1. The highest BCUT2D eigenvalue weighted by Crippen LogP contribution is 2.31. The van der Waals surface area contributed by atoms with Gasteiger partial charge in [0, 0.05) is 25.0 Å². The third-order valence-electron chi connectivity index (χ3n) is 3.46. The molecule has 0 fully saturated rings. The Morgan fingerprint density at radius 2 is 1.92 bits per heavy atom. The molecule has 9 heteroatoms. The molecular formula is C15H25F3N4OS. The average molecular weight is 366 g/mol. The van der Waals surface area contributed by atoms with Crippen LogP contribution in [0.5, 0.6) is 0 Å². The van der Waals surface area contributed by atoms with Gasteiger partial charge >= 0.3 is 12.2 Å². The van der Waals surface area contributed by atoms with Crippen molar-refractivity contribution in [1.29, 1.82) is 0 Å². The first kappa shape index (κ1) is 20.7. The van der Waals surface area contributed by atoms with Crippen LogP contribution in [0.3, 0.4) is 0 Å². The number of alkyl halides is 3. The molecule has 5 nitrogen and oxygen atoms in total. The van der Waals surface area contributed by atoms with E-state index >= 15 is 0 Å². The van der Waals surface area contributed by atoms with Crippen LogP contribution >= 0.6 is 11.3 Å². The van der Waals surface area contributed by atoms with Crippen LogP contribution < -0.4 is 5.32 Å². The molecule has 24 heavy (non-hydrogen) atoms. The first-order valence-electron chi connectivity index (χ1n) is 7.98. The largest absolute Gasteiger partial charge is 0.434 e. The molecule has 1 rings (SSSR count). The lowest BCUT2D eigenvalue weighted by molar-refractivity contribution is -0.140. The van der Waals surface area contributed by atoms with E-state index in [1.165, 1.54) is 0 Å². The molecule has 138 valence electrons. The average Bonchev–Trinajstić information content (AvgIpc) is 2.95. The molecule has 1 N–H and O–H groups in total. The Morgan fingerprint density at radius 3 is 2.38 bits per heavy atom. The molecule has 1 heterocycles. The summed E-state index contributed by atoms with van der Waals surface area (Å²) in [5, 5.41) is 3.34. The van der Waals surface area contributed by atoms with Gasteiger partial charge in [0.05, 0.1) is 0 Å². The van der Waals surface area contributed by atoms with Crippen LogP contribution in [-0.2, 0) is 6.18 Å². The number of halogens is 3. The van der Waals surface area contributed by atoms with Crippen molar-refractivity contribution in [1.82, 2.24) is 14.8 Å². The first-order chi connectivity index (χ1) is 11.2. The van der Waals surface area contributed by atoms with Crippen molar-refractivity contribution < 1.29 is 18.0 Å². The number of hydrogen-bond acceptors (Lipinski definition) is 4. The number of anilines is 1. The van der Waals surface area contributed by atoms with Gasteiger partial charge in [0.25, 0.3) is 0 Å². The number of carbonyl (C=O) groups is 1. The van der Waals surface area contributed by atoms with Crippen molar-refractivity contribution in [3.05, 3.63) is 11.1 Å². The number of nitrogens with one attached hydrogen (secondary N) is 1. The van der Waals surface area contributed by atoms with Gasteiger partial charge in [-0.3, -0.25) is 5.32 Å². The Labute approximate surface area is 144 Å². The highest BCUT2D eigenvalue weighted by atomic mass is 32.1. The maximum Gasteiger partial charge on any atom is 0.434 e. The van der Waals surface area contributed by atoms with Gasteiger partial charge in [0.1, 0.15) is 0 Å². The zero-order chi connectivity index (χ0) is 18.3. The van der Waals surface area contributed by atoms with Gasteiger partial charge in [-0.1, -0.05) is 27.7 Å². The molecular weight excluding hydrogens is 341 g/mol. The fourth-order valence-electron chi connectivity index (χ4n) is 2.15. The van der Waals surface area contributed by atoms with E-state index < -0.39 is 17.9 Å². The number of amides is 2. The number of hydrogen-bond donors (Lipinski definition) is 1. The molecule has 0 radical (unpaired) electrons. The number of urea groups is 1. The van der Waals surface area contributed by atoms with Crippen LogP contribution in [0, 0.1) is 5.92 Å². The van der Waals surface area contributed by atoms with E-state index in [4.69, 9.17) is 0 Å². The summed E-state index contributed by atoms with van der Waals surface area (Å²) in [6.45, 7) is 11.6. The number of likely N-dealkylation sites (N-methyl/N-ethyl adjacent to an activating group) is 1. The van der Waals surface area contributed by atoms with E-state index in [0.717, 1.165) is 36.4 Å². The Kier molecular flexibility index (Phi) is 7.95. The summed E-state index contributed by atoms with van der Waals surface area (Å²) in [7, 11) is 0. The predicted molar refractivity (Wildman–Crippen MR) is 90.3 cm³/mol. The molecule has 0 atom stereocenters. The molecule has 0 aromatic carbocycles. The molecule has 0 aliphatic carbocycles. The van der Waals surface area contributed by atoms with Gasteiger partial charge in [-0.15, -0.1) is 11.3 Å². The van der Waals surface area contributed by atoms with Crippen molar-refractivity contribution in [2.24, 2.45) is 5.92 Å². The maximum atomic E-state index is 12.6. The van der Waals surface area contributed by atoms with Gasteiger partial charge < -0.3 is 9.80 Å². The van der Waals surface area contributed by atoms with E-state index in [0.29, 0.717) is 13.1 Å². The summed E-state index contributed by atoms with van der Waals surface area (Å²) in [5.74, 6) is 0.259.